The maximum atomic E-state index is 13.2. The lowest BCUT2D eigenvalue weighted by molar-refractivity contribution is -0.131. The molecule has 1 amide bonds. The molecule has 4 aromatic rings. The van der Waals surface area contributed by atoms with E-state index in [0.717, 1.165) is 28.8 Å². The van der Waals surface area contributed by atoms with E-state index in [9.17, 15) is 9.59 Å². The molecule has 1 N–H and O–H groups in total. The first-order chi connectivity index (χ1) is 17.2. The highest BCUT2D eigenvalue weighted by Crippen LogP contribution is 2.23. The number of Topliss-reactive ketones (excluding diaryl/α,β-unsaturated/α-hetero) is 1. The minimum Gasteiger partial charge on any atom is -0.339 e. The largest absolute Gasteiger partial charge is 0.339 e. The molecule has 5 rings (SSSR count). The van der Waals surface area contributed by atoms with Crippen molar-refractivity contribution in [2.75, 3.05) is 6.54 Å². The number of imidazole rings is 1. The van der Waals surface area contributed by atoms with Crippen molar-refractivity contribution in [3.8, 4) is 11.1 Å². The third-order valence-corrected chi connectivity index (χ3v) is 6.66. The van der Waals surface area contributed by atoms with Crippen molar-refractivity contribution in [3.63, 3.8) is 0 Å². The number of rotatable bonds is 8. The summed E-state index contributed by atoms with van der Waals surface area (Å²) in [5, 5.41) is 0. The second-order valence-electron chi connectivity index (χ2n) is 9.09. The lowest BCUT2D eigenvalue weighted by atomic mass is 10.0. The Morgan fingerprint density at radius 2 is 1.54 bits per heavy atom. The Bertz CT molecular complexity index is 1280. The highest BCUT2D eigenvalue weighted by molar-refractivity contribution is 5.99. The van der Waals surface area contributed by atoms with E-state index < -0.39 is 6.04 Å². The number of carbonyl (C=O) groups is 2. The standard InChI is InChI=1S/C30H29N3O2/c34-28(18-15-22-13-16-25(17-14-22)24-10-5-2-6-11-24)33-19-7-12-27(33)29(35)30-31-21-26(32-30)20-23-8-3-1-4-9-23/h1-6,8-11,13-14,16-17,21,27H,7,12,15,18-20H2,(H,31,32)/t27-/m0/s1. The molecule has 0 radical (unpaired) electrons. The molecule has 35 heavy (non-hydrogen) atoms. The van der Waals surface area contributed by atoms with E-state index in [4.69, 9.17) is 0 Å². The lowest BCUT2D eigenvalue weighted by Gasteiger charge is -2.23. The quantitative estimate of drug-likeness (QED) is 0.352. The molecule has 1 fully saturated rings. The summed E-state index contributed by atoms with van der Waals surface area (Å²) in [6.07, 6.45) is 4.99. The maximum Gasteiger partial charge on any atom is 0.223 e. The van der Waals surface area contributed by atoms with Crippen LogP contribution < -0.4 is 0 Å². The number of likely N-dealkylation sites (tertiary alicyclic amines) is 1. The summed E-state index contributed by atoms with van der Waals surface area (Å²) in [5.74, 6) is 0.281. The Hall–Kier alpha value is -3.99. The zero-order valence-electron chi connectivity index (χ0n) is 19.7. The van der Waals surface area contributed by atoms with Gasteiger partial charge in [0, 0.05) is 31.3 Å². The number of nitrogens with zero attached hydrogens (tertiary/aromatic N) is 2. The van der Waals surface area contributed by atoms with Gasteiger partial charge in [0.1, 0.15) is 0 Å². The molecule has 2 heterocycles. The van der Waals surface area contributed by atoms with E-state index in [1.54, 1.807) is 11.1 Å². The van der Waals surface area contributed by atoms with Crippen molar-refractivity contribution in [2.45, 2.75) is 38.1 Å². The van der Waals surface area contributed by atoms with Gasteiger partial charge in [-0.3, -0.25) is 9.59 Å². The molecule has 1 atom stereocenters. The molecular weight excluding hydrogens is 434 g/mol. The molecule has 0 saturated carbocycles. The fourth-order valence-corrected chi connectivity index (χ4v) is 4.77. The molecular formula is C30H29N3O2. The molecule has 1 aromatic heterocycles. The third-order valence-electron chi connectivity index (χ3n) is 6.66. The predicted molar refractivity (Wildman–Crippen MR) is 137 cm³/mol. The monoisotopic (exact) mass is 463 g/mol. The van der Waals surface area contributed by atoms with Crippen LogP contribution >= 0.6 is 0 Å². The molecule has 0 spiro atoms. The Morgan fingerprint density at radius 1 is 0.857 bits per heavy atom. The maximum absolute atomic E-state index is 13.2. The van der Waals surface area contributed by atoms with Crippen LogP contribution in [0.4, 0.5) is 0 Å². The van der Waals surface area contributed by atoms with Crippen LogP contribution in [0, 0.1) is 0 Å². The molecule has 1 aliphatic heterocycles. The lowest BCUT2D eigenvalue weighted by Crippen LogP contribution is -2.41. The van der Waals surface area contributed by atoms with Crippen molar-refractivity contribution in [3.05, 3.63) is 114 Å². The number of H-pyrrole nitrogens is 1. The topological polar surface area (TPSA) is 66.1 Å². The van der Waals surface area contributed by atoms with E-state index in [0.29, 0.717) is 38.1 Å². The number of aromatic amines is 1. The van der Waals surface area contributed by atoms with Gasteiger partial charge in [0.25, 0.3) is 0 Å². The van der Waals surface area contributed by atoms with Crippen LogP contribution in [0.1, 0.15) is 46.7 Å². The molecule has 176 valence electrons. The van der Waals surface area contributed by atoms with Gasteiger partial charge in [-0.1, -0.05) is 84.9 Å². The van der Waals surface area contributed by atoms with Crippen LogP contribution in [0.2, 0.25) is 0 Å². The first kappa shape index (κ1) is 22.8. The highest BCUT2D eigenvalue weighted by Gasteiger charge is 2.35. The summed E-state index contributed by atoms with van der Waals surface area (Å²) >= 11 is 0. The summed E-state index contributed by atoms with van der Waals surface area (Å²) in [4.78, 5) is 35.5. The molecule has 1 saturated heterocycles. The normalized spacial score (nSPS) is 15.3. The minimum atomic E-state index is -0.432. The number of aryl methyl sites for hydroxylation is 1. The molecule has 0 bridgehead atoms. The van der Waals surface area contributed by atoms with Crippen molar-refractivity contribution in [1.29, 1.82) is 0 Å². The molecule has 5 heteroatoms. The zero-order chi connectivity index (χ0) is 24.0. The predicted octanol–water partition coefficient (Wildman–Crippen LogP) is 5.47. The van der Waals surface area contributed by atoms with Gasteiger partial charge in [-0.15, -0.1) is 0 Å². The van der Waals surface area contributed by atoms with Gasteiger partial charge in [-0.25, -0.2) is 4.98 Å². The molecule has 0 unspecified atom stereocenters. The number of hydrogen-bond donors (Lipinski definition) is 1. The summed E-state index contributed by atoms with van der Waals surface area (Å²) in [6.45, 7) is 0.625. The first-order valence-corrected chi connectivity index (χ1v) is 12.2. The van der Waals surface area contributed by atoms with Gasteiger partial charge in [-0.2, -0.15) is 0 Å². The fourth-order valence-electron chi connectivity index (χ4n) is 4.77. The van der Waals surface area contributed by atoms with Gasteiger partial charge >= 0.3 is 0 Å². The van der Waals surface area contributed by atoms with Gasteiger partial charge < -0.3 is 9.88 Å². The van der Waals surface area contributed by atoms with Gasteiger partial charge in [0.15, 0.2) is 5.82 Å². The minimum absolute atomic E-state index is 0.0315. The van der Waals surface area contributed by atoms with E-state index in [1.807, 2.05) is 36.4 Å². The van der Waals surface area contributed by atoms with Crippen LogP contribution in [-0.2, 0) is 17.6 Å². The number of amides is 1. The number of aromatic nitrogens is 2. The van der Waals surface area contributed by atoms with Crippen molar-refractivity contribution < 1.29 is 9.59 Å². The zero-order valence-corrected chi connectivity index (χ0v) is 19.7. The third kappa shape index (κ3) is 5.40. The van der Waals surface area contributed by atoms with Crippen molar-refractivity contribution in [1.82, 2.24) is 14.9 Å². The Kier molecular flexibility index (Phi) is 6.85. The summed E-state index contributed by atoms with van der Waals surface area (Å²) < 4.78 is 0. The summed E-state index contributed by atoms with van der Waals surface area (Å²) in [5.41, 5.74) is 5.52. The van der Waals surface area contributed by atoms with Gasteiger partial charge in [0.2, 0.25) is 11.7 Å². The Balaban J connectivity index is 1.18. The number of nitrogens with one attached hydrogen (secondary N) is 1. The first-order valence-electron chi connectivity index (χ1n) is 12.2. The SMILES string of the molecule is O=C(c1ncc(Cc2ccccc2)[nH]1)[C@@H]1CCCN1C(=O)CCc1ccc(-c2ccccc2)cc1. The summed E-state index contributed by atoms with van der Waals surface area (Å²) in [6, 6.07) is 28.3. The number of benzene rings is 3. The van der Waals surface area contributed by atoms with Crippen molar-refractivity contribution >= 4 is 11.7 Å². The highest BCUT2D eigenvalue weighted by atomic mass is 16.2. The van der Waals surface area contributed by atoms with E-state index in [1.165, 1.54) is 5.56 Å². The second-order valence-corrected chi connectivity index (χ2v) is 9.09. The molecule has 3 aromatic carbocycles. The van der Waals surface area contributed by atoms with Crippen LogP contribution in [0.5, 0.6) is 0 Å². The summed E-state index contributed by atoms with van der Waals surface area (Å²) in [7, 11) is 0. The molecule has 5 nitrogen and oxygen atoms in total. The average Bonchev–Trinajstić information content (AvgIpc) is 3.59. The molecule has 1 aliphatic rings. The van der Waals surface area contributed by atoms with Crippen LogP contribution in [-0.4, -0.2) is 39.1 Å². The number of ketones is 1. The Labute approximate surface area is 205 Å². The van der Waals surface area contributed by atoms with Crippen LogP contribution in [0.3, 0.4) is 0 Å². The smallest absolute Gasteiger partial charge is 0.223 e. The Morgan fingerprint density at radius 3 is 2.29 bits per heavy atom. The van der Waals surface area contributed by atoms with Crippen LogP contribution in [0.25, 0.3) is 11.1 Å². The van der Waals surface area contributed by atoms with E-state index >= 15 is 0 Å². The van der Waals surface area contributed by atoms with E-state index in [-0.39, 0.29) is 11.7 Å². The average molecular weight is 464 g/mol. The number of hydrogen-bond acceptors (Lipinski definition) is 3. The second kappa shape index (κ2) is 10.5. The van der Waals surface area contributed by atoms with Crippen molar-refractivity contribution in [2.24, 2.45) is 0 Å². The number of carbonyl (C=O) groups excluding carboxylic acids is 2. The van der Waals surface area contributed by atoms with Gasteiger partial charge in [0.05, 0.1) is 6.04 Å². The van der Waals surface area contributed by atoms with E-state index in [2.05, 4.69) is 58.5 Å². The van der Waals surface area contributed by atoms with Crippen LogP contribution in [0.15, 0.2) is 91.1 Å². The fraction of sp³-hybridized carbons (Fsp3) is 0.233. The van der Waals surface area contributed by atoms with Gasteiger partial charge in [-0.05, 0) is 41.5 Å². The molecule has 0 aliphatic carbocycles.